The molecule has 0 spiro atoms. The first-order valence-electron chi connectivity index (χ1n) is 8.10. The van der Waals surface area contributed by atoms with Crippen molar-refractivity contribution in [2.45, 2.75) is 51.9 Å². The lowest BCUT2D eigenvalue weighted by Crippen LogP contribution is -2.45. The molecule has 0 aliphatic rings. The maximum atomic E-state index is 12.5. The first kappa shape index (κ1) is 21.4. The molecule has 0 bridgehead atoms. The van der Waals surface area contributed by atoms with E-state index in [1.807, 2.05) is 0 Å². The zero-order valence-corrected chi connectivity index (χ0v) is 15.0. The highest BCUT2D eigenvalue weighted by atomic mass is 19.1. The number of rotatable bonds is 8. The molecule has 144 valence electrons. The largest absolute Gasteiger partial charge is 0.481 e. The topological polar surface area (TPSA) is 113 Å². The Morgan fingerprint density at radius 3 is 2.04 bits per heavy atom. The van der Waals surface area contributed by atoms with E-state index in [2.05, 4.69) is 5.32 Å². The van der Waals surface area contributed by atoms with Gasteiger partial charge in [-0.1, -0.05) is 24.3 Å². The monoisotopic (exact) mass is 369 g/mol. The Morgan fingerprint density at radius 1 is 1.08 bits per heavy atom. The standard InChI is InChI=1S/C18H24FNO6/c1-18(2,3)26-17(25)20-14(16(23)24)9-13(15(21)22)8-11-4-6-12(10-19)7-5-11/h4-7,13-14H,8-10H2,1-3H3,(H,20,25)(H,21,22)(H,23,24)/t13?,14-/m0/s1. The average Bonchev–Trinajstić information content (AvgIpc) is 2.52. The number of ether oxygens (including phenoxy) is 1. The van der Waals surface area contributed by atoms with Crippen molar-refractivity contribution in [1.29, 1.82) is 0 Å². The number of carboxylic acids is 2. The molecule has 0 heterocycles. The second-order valence-corrected chi connectivity index (χ2v) is 6.96. The third kappa shape index (κ3) is 7.50. The van der Waals surface area contributed by atoms with Crippen LogP contribution in [0.4, 0.5) is 9.18 Å². The lowest BCUT2D eigenvalue weighted by molar-refractivity contribution is -0.144. The van der Waals surface area contributed by atoms with Crippen molar-refractivity contribution in [1.82, 2.24) is 5.32 Å². The summed E-state index contributed by atoms with van der Waals surface area (Å²) in [5.41, 5.74) is 0.295. The summed E-state index contributed by atoms with van der Waals surface area (Å²) in [5.74, 6) is -3.58. The third-order valence-electron chi connectivity index (χ3n) is 3.52. The molecule has 0 saturated heterocycles. The Kier molecular flexibility index (Phi) is 7.55. The Hall–Kier alpha value is -2.64. The summed E-state index contributed by atoms with van der Waals surface area (Å²) in [5, 5.41) is 20.9. The van der Waals surface area contributed by atoms with Gasteiger partial charge in [-0.05, 0) is 44.7 Å². The summed E-state index contributed by atoms with van der Waals surface area (Å²) >= 11 is 0. The number of carbonyl (C=O) groups excluding carboxylic acids is 1. The normalized spacial score (nSPS) is 13.5. The molecule has 1 amide bonds. The third-order valence-corrected chi connectivity index (χ3v) is 3.52. The molecule has 7 nitrogen and oxygen atoms in total. The van der Waals surface area contributed by atoms with Crippen molar-refractivity contribution in [2.24, 2.45) is 5.92 Å². The van der Waals surface area contributed by atoms with Gasteiger partial charge in [0.1, 0.15) is 18.3 Å². The summed E-state index contributed by atoms with van der Waals surface area (Å²) in [7, 11) is 0. The van der Waals surface area contributed by atoms with E-state index in [-0.39, 0.29) is 12.8 Å². The second kappa shape index (κ2) is 9.17. The Balaban J connectivity index is 2.81. The number of hydrogen-bond donors (Lipinski definition) is 3. The number of alkyl carbamates (subject to hydrolysis) is 1. The van der Waals surface area contributed by atoms with Gasteiger partial charge in [-0.2, -0.15) is 0 Å². The van der Waals surface area contributed by atoms with Crippen molar-refractivity contribution in [3.8, 4) is 0 Å². The lowest BCUT2D eigenvalue weighted by atomic mass is 9.92. The molecule has 26 heavy (non-hydrogen) atoms. The summed E-state index contributed by atoms with van der Waals surface area (Å²) in [6.45, 7) is 4.26. The Labute approximate surface area is 151 Å². The van der Waals surface area contributed by atoms with Gasteiger partial charge in [-0.15, -0.1) is 0 Å². The number of halogens is 1. The first-order chi connectivity index (χ1) is 12.0. The first-order valence-corrected chi connectivity index (χ1v) is 8.10. The number of carboxylic acid groups (broad SMARTS) is 2. The minimum atomic E-state index is -1.41. The molecule has 0 fully saturated rings. The van der Waals surface area contributed by atoms with E-state index in [0.717, 1.165) is 0 Å². The van der Waals surface area contributed by atoms with E-state index in [4.69, 9.17) is 4.74 Å². The van der Waals surface area contributed by atoms with Gasteiger partial charge in [-0.25, -0.2) is 14.0 Å². The smallest absolute Gasteiger partial charge is 0.408 e. The van der Waals surface area contributed by atoms with E-state index < -0.39 is 42.3 Å². The number of amides is 1. The summed E-state index contributed by atoms with van der Waals surface area (Å²) in [6.07, 6.45) is -1.18. The van der Waals surface area contributed by atoms with Crippen LogP contribution in [0.25, 0.3) is 0 Å². The number of carbonyl (C=O) groups is 3. The van der Waals surface area contributed by atoms with E-state index in [9.17, 15) is 29.0 Å². The minimum Gasteiger partial charge on any atom is -0.481 e. The molecule has 8 heteroatoms. The molecule has 0 radical (unpaired) electrons. The van der Waals surface area contributed by atoms with E-state index >= 15 is 0 Å². The predicted octanol–water partition coefficient (Wildman–Crippen LogP) is 2.77. The molecule has 1 aromatic rings. The zero-order valence-electron chi connectivity index (χ0n) is 15.0. The number of hydrogen-bond acceptors (Lipinski definition) is 4. The van der Waals surface area contributed by atoms with Crippen LogP contribution >= 0.6 is 0 Å². The van der Waals surface area contributed by atoms with Crippen LogP contribution in [-0.2, 0) is 27.4 Å². The van der Waals surface area contributed by atoms with Crippen LogP contribution in [0.2, 0.25) is 0 Å². The molecule has 0 aliphatic carbocycles. The number of alkyl halides is 1. The molecule has 0 aliphatic heterocycles. The molecular weight excluding hydrogens is 345 g/mol. The molecular formula is C18H24FNO6. The van der Waals surface area contributed by atoms with Crippen molar-refractivity contribution in [3.63, 3.8) is 0 Å². The number of aliphatic carboxylic acids is 2. The zero-order chi connectivity index (χ0) is 19.9. The summed E-state index contributed by atoms with van der Waals surface area (Å²) in [4.78, 5) is 34.7. The Morgan fingerprint density at radius 2 is 1.62 bits per heavy atom. The van der Waals surface area contributed by atoms with Crippen LogP contribution in [0.3, 0.4) is 0 Å². The molecule has 1 aromatic carbocycles. The van der Waals surface area contributed by atoms with Crippen LogP contribution in [0, 0.1) is 5.92 Å². The van der Waals surface area contributed by atoms with E-state index in [1.54, 1.807) is 45.0 Å². The van der Waals surface area contributed by atoms with E-state index in [0.29, 0.717) is 11.1 Å². The molecule has 0 saturated carbocycles. The average molecular weight is 369 g/mol. The number of nitrogens with one attached hydrogen (secondary N) is 1. The Bertz CT molecular complexity index is 638. The van der Waals surface area contributed by atoms with Gasteiger partial charge in [0.15, 0.2) is 0 Å². The number of benzene rings is 1. The fourth-order valence-electron chi connectivity index (χ4n) is 2.28. The van der Waals surface area contributed by atoms with Gasteiger partial charge in [0.05, 0.1) is 5.92 Å². The van der Waals surface area contributed by atoms with Crippen molar-refractivity contribution in [2.75, 3.05) is 0 Å². The van der Waals surface area contributed by atoms with Crippen LogP contribution in [0.1, 0.15) is 38.3 Å². The van der Waals surface area contributed by atoms with Crippen LogP contribution in [-0.4, -0.2) is 39.9 Å². The van der Waals surface area contributed by atoms with Gasteiger partial charge in [0, 0.05) is 0 Å². The quantitative estimate of drug-likeness (QED) is 0.649. The molecule has 1 rings (SSSR count). The van der Waals surface area contributed by atoms with Crippen molar-refractivity contribution < 1.29 is 33.7 Å². The maximum absolute atomic E-state index is 12.5. The molecule has 0 aromatic heterocycles. The summed E-state index contributed by atoms with van der Waals surface area (Å²) < 4.78 is 17.5. The fourth-order valence-corrected chi connectivity index (χ4v) is 2.28. The predicted molar refractivity (Wildman–Crippen MR) is 91.5 cm³/mol. The molecule has 1 unspecified atom stereocenters. The molecule has 2 atom stereocenters. The van der Waals surface area contributed by atoms with Gasteiger partial charge in [-0.3, -0.25) is 4.79 Å². The SMILES string of the molecule is CC(C)(C)OC(=O)N[C@@H](CC(Cc1ccc(CF)cc1)C(=O)O)C(=O)O. The lowest BCUT2D eigenvalue weighted by Gasteiger charge is -2.23. The second-order valence-electron chi connectivity index (χ2n) is 6.96. The fraction of sp³-hybridized carbons (Fsp3) is 0.500. The van der Waals surface area contributed by atoms with Crippen LogP contribution in [0.5, 0.6) is 0 Å². The van der Waals surface area contributed by atoms with Gasteiger partial charge in [0.25, 0.3) is 0 Å². The van der Waals surface area contributed by atoms with Gasteiger partial charge in [0.2, 0.25) is 0 Å². The molecule has 3 N–H and O–H groups in total. The highest BCUT2D eigenvalue weighted by molar-refractivity contribution is 5.81. The summed E-state index contributed by atoms with van der Waals surface area (Å²) in [6, 6.07) is 4.88. The van der Waals surface area contributed by atoms with Crippen molar-refractivity contribution >= 4 is 18.0 Å². The van der Waals surface area contributed by atoms with Gasteiger partial charge < -0.3 is 20.3 Å². The van der Waals surface area contributed by atoms with E-state index in [1.165, 1.54) is 0 Å². The van der Waals surface area contributed by atoms with Crippen molar-refractivity contribution in [3.05, 3.63) is 35.4 Å². The van der Waals surface area contributed by atoms with Gasteiger partial charge >= 0.3 is 18.0 Å². The maximum Gasteiger partial charge on any atom is 0.408 e. The van der Waals surface area contributed by atoms with Crippen LogP contribution in [0.15, 0.2) is 24.3 Å². The highest BCUT2D eigenvalue weighted by Gasteiger charge is 2.30. The van der Waals surface area contributed by atoms with Crippen LogP contribution < -0.4 is 5.32 Å². The minimum absolute atomic E-state index is 0.0572. The highest BCUT2D eigenvalue weighted by Crippen LogP contribution is 2.17.